The molecule has 0 aliphatic carbocycles. The molecule has 0 bridgehead atoms. The number of hydrogen-bond donors (Lipinski definition) is 1. The molecule has 0 radical (unpaired) electrons. The maximum absolute atomic E-state index is 12.9. The molecular formula is C20H22N2O2. The number of carbonyl (C=O) groups excluding carboxylic acids is 1. The predicted molar refractivity (Wildman–Crippen MR) is 97.8 cm³/mol. The average molecular weight is 322 g/mol. The predicted octanol–water partition coefficient (Wildman–Crippen LogP) is 4.53. The smallest absolute Gasteiger partial charge is 0.272 e. The molecule has 24 heavy (non-hydrogen) atoms. The van der Waals surface area contributed by atoms with Crippen molar-refractivity contribution in [3.63, 3.8) is 0 Å². The van der Waals surface area contributed by atoms with Crippen molar-refractivity contribution in [2.45, 2.75) is 26.9 Å². The number of ether oxygens (including phenoxy) is 1. The highest BCUT2D eigenvalue weighted by Gasteiger charge is 2.19. The second kappa shape index (κ2) is 6.40. The molecule has 1 N–H and O–H groups in total. The number of benzene rings is 2. The Kier molecular flexibility index (Phi) is 4.30. The number of carbonyl (C=O) groups is 1. The van der Waals surface area contributed by atoms with Crippen LogP contribution < -0.4 is 10.1 Å². The van der Waals surface area contributed by atoms with Gasteiger partial charge in [-0.25, -0.2) is 0 Å². The summed E-state index contributed by atoms with van der Waals surface area (Å²) in [5.41, 5.74) is 3.37. The van der Waals surface area contributed by atoms with Gasteiger partial charge < -0.3 is 14.6 Å². The maximum Gasteiger partial charge on any atom is 0.272 e. The van der Waals surface area contributed by atoms with Crippen molar-refractivity contribution in [2.75, 3.05) is 5.32 Å². The number of nitrogens with one attached hydrogen (secondary N) is 1. The van der Waals surface area contributed by atoms with Crippen molar-refractivity contribution in [3.8, 4) is 5.75 Å². The summed E-state index contributed by atoms with van der Waals surface area (Å²) in [6, 6.07) is 15.5. The van der Waals surface area contributed by atoms with Crippen LogP contribution in [0.5, 0.6) is 5.75 Å². The lowest BCUT2D eigenvalue weighted by atomic mass is 10.1. The van der Waals surface area contributed by atoms with Gasteiger partial charge >= 0.3 is 0 Å². The molecule has 0 atom stereocenters. The zero-order valence-electron chi connectivity index (χ0n) is 14.5. The van der Waals surface area contributed by atoms with Crippen molar-refractivity contribution in [1.82, 2.24) is 4.57 Å². The molecule has 3 aromatic rings. The Bertz CT molecular complexity index is 855. The zero-order chi connectivity index (χ0) is 17.3. The molecule has 0 saturated heterocycles. The lowest BCUT2D eigenvalue weighted by Crippen LogP contribution is -2.18. The van der Waals surface area contributed by atoms with Crippen LogP contribution in [0.15, 0.2) is 48.5 Å². The first-order valence-electron chi connectivity index (χ1n) is 8.10. The molecule has 0 aliphatic rings. The van der Waals surface area contributed by atoms with E-state index < -0.39 is 0 Å². The first kappa shape index (κ1) is 16.1. The molecule has 1 heterocycles. The second-order valence-electron chi connectivity index (χ2n) is 6.17. The number of anilines is 1. The third-order valence-electron chi connectivity index (χ3n) is 4.07. The maximum atomic E-state index is 12.9. The fourth-order valence-electron chi connectivity index (χ4n) is 3.01. The molecule has 1 amide bonds. The topological polar surface area (TPSA) is 43.3 Å². The number of aryl methyl sites for hydroxylation is 2. The molecule has 0 fully saturated rings. The summed E-state index contributed by atoms with van der Waals surface area (Å²) in [5, 5.41) is 4.08. The van der Waals surface area contributed by atoms with E-state index in [1.807, 2.05) is 80.9 Å². The van der Waals surface area contributed by atoms with Gasteiger partial charge in [0.2, 0.25) is 0 Å². The van der Waals surface area contributed by atoms with Gasteiger partial charge in [-0.3, -0.25) is 4.79 Å². The summed E-state index contributed by atoms with van der Waals surface area (Å²) in [6.45, 7) is 5.91. The summed E-state index contributed by atoms with van der Waals surface area (Å²) in [7, 11) is 1.92. The number of para-hydroxylation sites is 3. The van der Waals surface area contributed by atoms with Gasteiger partial charge in [-0.05, 0) is 44.5 Å². The number of aromatic nitrogens is 1. The molecule has 124 valence electrons. The van der Waals surface area contributed by atoms with Crippen LogP contribution in [0.3, 0.4) is 0 Å². The fourth-order valence-corrected chi connectivity index (χ4v) is 3.01. The van der Waals surface area contributed by atoms with Gasteiger partial charge in [0.25, 0.3) is 5.91 Å². The van der Waals surface area contributed by atoms with Crippen LogP contribution >= 0.6 is 0 Å². The molecule has 1 aromatic heterocycles. The fraction of sp³-hybridized carbons (Fsp3) is 0.250. The lowest BCUT2D eigenvalue weighted by molar-refractivity contribution is 0.101. The van der Waals surface area contributed by atoms with E-state index in [4.69, 9.17) is 4.74 Å². The van der Waals surface area contributed by atoms with Gasteiger partial charge in [-0.2, -0.15) is 0 Å². The number of rotatable bonds is 4. The van der Waals surface area contributed by atoms with Crippen molar-refractivity contribution >= 4 is 22.5 Å². The van der Waals surface area contributed by atoms with Crippen molar-refractivity contribution < 1.29 is 9.53 Å². The van der Waals surface area contributed by atoms with Crippen LogP contribution in [0.1, 0.15) is 29.9 Å². The first-order valence-corrected chi connectivity index (χ1v) is 8.10. The Morgan fingerprint density at radius 1 is 1.08 bits per heavy atom. The minimum absolute atomic E-state index is 0.0439. The highest BCUT2D eigenvalue weighted by atomic mass is 16.5. The van der Waals surface area contributed by atoms with Crippen molar-refractivity contribution in [1.29, 1.82) is 0 Å². The molecule has 3 rings (SSSR count). The van der Waals surface area contributed by atoms with Crippen LogP contribution in [-0.4, -0.2) is 16.6 Å². The largest absolute Gasteiger partial charge is 0.489 e. The molecule has 0 spiro atoms. The van der Waals surface area contributed by atoms with Gasteiger partial charge in [0.05, 0.1) is 11.8 Å². The number of fused-ring (bicyclic) bond motifs is 1. The van der Waals surface area contributed by atoms with Gasteiger partial charge in [0.15, 0.2) is 0 Å². The van der Waals surface area contributed by atoms with E-state index in [9.17, 15) is 4.79 Å². The monoisotopic (exact) mass is 322 g/mol. The quantitative estimate of drug-likeness (QED) is 0.767. The number of amides is 1. The van der Waals surface area contributed by atoms with Crippen LogP contribution in [0, 0.1) is 6.92 Å². The summed E-state index contributed by atoms with van der Waals surface area (Å²) in [6.07, 6.45) is 0.0439. The molecule has 0 saturated carbocycles. The normalized spacial score (nSPS) is 11.0. The molecular weight excluding hydrogens is 300 g/mol. The first-order chi connectivity index (χ1) is 11.5. The number of nitrogens with zero attached hydrogens (tertiary/aromatic N) is 1. The summed E-state index contributed by atoms with van der Waals surface area (Å²) >= 11 is 0. The van der Waals surface area contributed by atoms with E-state index in [-0.39, 0.29) is 12.0 Å². The van der Waals surface area contributed by atoms with E-state index in [2.05, 4.69) is 5.32 Å². The Labute approximate surface area is 142 Å². The summed E-state index contributed by atoms with van der Waals surface area (Å²) in [5.74, 6) is 0.545. The van der Waals surface area contributed by atoms with Gasteiger partial charge in [0.1, 0.15) is 11.4 Å². The van der Waals surface area contributed by atoms with E-state index in [1.54, 1.807) is 0 Å². The van der Waals surface area contributed by atoms with Crippen LogP contribution in [0.4, 0.5) is 5.69 Å². The van der Waals surface area contributed by atoms with E-state index in [0.29, 0.717) is 17.1 Å². The lowest BCUT2D eigenvalue weighted by Gasteiger charge is -2.15. The summed E-state index contributed by atoms with van der Waals surface area (Å²) in [4.78, 5) is 12.9. The van der Waals surface area contributed by atoms with Crippen molar-refractivity contribution in [2.24, 2.45) is 7.05 Å². The zero-order valence-corrected chi connectivity index (χ0v) is 14.5. The van der Waals surface area contributed by atoms with Crippen molar-refractivity contribution in [3.05, 3.63) is 59.8 Å². The molecule has 0 aliphatic heterocycles. The van der Waals surface area contributed by atoms with Gasteiger partial charge in [-0.1, -0.05) is 30.3 Å². The minimum atomic E-state index is -0.133. The molecule has 4 heteroatoms. The Hall–Kier alpha value is -2.75. The summed E-state index contributed by atoms with van der Waals surface area (Å²) < 4.78 is 7.72. The SMILES string of the molecule is Cc1c(C(=O)Nc2ccccc2OC(C)C)n(C)c2ccccc12. The Morgan fingerprint density at radius 2 is 1.75 bits per heavy atom. The standard InChI is InChI=1S/C20H22N2O2/c1-13(2)24-18-12-8-6-10-16(18)21-20(23)19-14(3)15-9-5-7-11-17(15)22(19)4/h5-13H,1-4H3,(H,21,23). The van der Waals surface area contributed by atoms with Gasteiger partial charge in [0, 0.05) is 18.0 Å². The second-order valence-corrected chi connectivity index (χ2v) is 6.17. The highest BCUT2D eigenvalue weighted by Crippen LogP contribution is 2.28. The molecule has 0 unspecified atom stereocenters. The van der Waals surface area contributed by atoms with E-state index in [1.165, 1.54) is 0 Å². The third-order valence-corrected chi connectivity index (χ3v) is 4.07. The average Bonchev–Trinajstić information content (AvgIpc) is 2.81. The van der Waals surface area contributed by atoms with E-state index >= 15 is 0 Å². The minimum Gasteiger partial charge on any atom is -0.489 e. The van der Waals surface area contributed by atoms with E-state index in [0.717, 1.165) is 16.5 Å². The van der Waals surface area contributed by atoms with Crippen LogP contribution in [0.25, 0.3) is 10.9 Å². The van der Waals surface area contributed by atoms with Crippen LogP contribution in [-0.2, 0) is 7.05 Å². The molecule has 2 aromatic carbocycles. The highest BCUT2D eigenvalue weighted by molar-refractivity contribution is 6.08. The third kappa shape index (κ3) is 2.87. The Balaban J connectivity index is 1.97. The molecule has 4 nitrogen and oxygen atoms in total. The Morgan fingerprint density at radius 3 is 2.46 bits per heavy atom. The van der Waals surface area contributed by atoms with Gasteiger partial charge in [-0.15, -0.1) is 0 Å². The number of hydrogen-bond acceptors (Lipinski definition) is 2. The van der Waals surface area contributed by atoms with Crippen LogP contribution in [0.2, 0.25) is 0 Å².